The van der Waals surface area contributed by atoms with Gasteiger partial charge in [-0.3, -0.25) is 0 Å². The Bertz CT molecular complexity index is 480. The molecule has 2 amide bonds. The first-order valence-corrected chi connectivity index (χ1v) is 7.31. The molecule has 0 N–H and O–H groups in total. The standard InChI is InChI=1S/C16H24N2O4/c1-4-17(14(19)20)11-16(3,12-18(5-2)15(21)22)13-9-7-6-8-10-13/h6-10H,4-5,11-12H2,1-3H3,(H,19,20)(H,21,22)/p-2. The quantitative estimate of drug-likeness (QED) is 0.724. The van der Waals surface area contributed by atoms with Gasteiger partial charge in [0.05, 0.1) is 0 Å². The number of carbonyl (C=O) groups excluding carboxylic acids is 2. The summed E-state index contributed by atoms with van der Waals surface area (Å²) in [6.45, 7) is 6.15. The second-order valence-electron chi connectivity index (χ2n) is 5.49. The molecule has 0 aliphatic carbocycles. The molecule has 0 aliphatic heterocycles. The van der Waals surface area contributed by atoms with Gasteiger partial charge in [-0.1, -0.05) is 37.3 Å². The fraction of sp³-hybridized carbons (Fsp3) is 0.500. The summed E-state index contributed by atoms with van der Waals surface area (Å²) in [7, 11) is 0. The summed E-state index contributed by atoms with van der Waals surface area (Å²) < 4.78 is 0. The Kier molecular flexibility index (Phi) is 6.22. The van der Waals surface area contributed by atoms with E-state index in [0.29, 0.717) is 0 Å². The van der Waals surface area contributed by atoms with Crippen molar-refractivity contribution >= 4 is 12.2 Å². The van der Waals surface area contributed by atoms with E-state index < -0.39 is 17.6 Å². The molecule has 1 aromatic carbocycles. The van der Waals surface area contributed by atoms with Crippen molar-refractivity contribution in [3.63, 3.8) is 0 Å². The molecule has 0 aliphatic rings. The molecular formula is C16H22N2O4-2. The van der Waals surface area contributed by atoms with Crippen LogP contribution in [0.3, 0.4) is 0 Å². The van der Waals surface area contributed by atoms with Crippen LogP contribution in [0, 0.1) is 0 Å². The molecule has 0 aromatic heterocycles. The molecule has 22 heavy (non-hydrogen) atoms. The summed E-state index contributed by atoms with van der Waals surface area (Å²) in [4.78, 5) is 24.8. The zero-order valence-electron chi connectivity index (χ0n) is 13.2. The van der Waals surface area contributed by atoms with Gasteiger partial charge in [-0.25, -0.2) is 0 Å². The van der Waals surface area contributed by atoms with Gasteiger partial charge in [0.15, 0.2) is 0 Å². The largest absolute Gasteiger partial charge is 0.530 e. The number of hydrogen-bond donors (Lipinski definition) is 0. The highest BCUT2D eigenvalue weighted by Crippen LogP contribution is 2.26. The SMILES string of the molecule is CCN(CC(C)(CN(CC)C(=O)[O-])c1ccccc1)C(=O)[O-]. The van der Waals surface area contributed by atoms with E-state index >= 15 is 0 Å². The topological polar surface area (TPSA) is 86.7 Å². The van der Waals surface area contributed by atoms with Crippen LogP contribution in [-0.4, -0.2) is 48.2 Å². The Hall–Kier alpha value is -2.24. The number of benzene rings is 1. The highest BCUT2D eigenvalue weighted by atomic mass is 16.4. The molecule has 1 rings (SSSR count). The van der Waals surface area contributed by atoms with Crippen molar-refractivity contribution in [2.24, 2.45) is 0 Å². The van der Waals surface area contributed by atoms with E-state index in [2.05, 4.69) is 0 Å². The number of carbonyl (C=O) groups is 2. The van der Waals surface area contributed by atoms with Crippen LogP contribution >= 0.6 is 0 Å². The molecule has 0 atom stereocenters. The van der Waals surface area contributed by atoms with E-state index in [-0.39, 0.29) is 26.2 Å². The lowest BCUT2D eigenvalue weighted by Crippen LogP contribution is -2.54. The van der Waals surface area contributed by atoms with Crippen molar-refractivity contribution < 1.29 is 19.8 Å². The van der Waals surface area contributed by atoms with Gasteiger partial charge in [0, 0.05) is 31.6 Å². The van der Waals surface area contributed by atoms with Crippen LogP contribution in [0.25, 0.3) is 0 Å². The third-order valence-electron chi connectivity index (χ3n) is 3.83. The zero-order chi connectivity index (χ0) is 16.8. The van der Waals surface area contributed by atoms with Gasteiger partial charge in [-0.2, -0.15) is 0 Å². The van der Waals surface area contributed by atoms with Crippen LogP contribution < -0.4 is 10.2 Å². The Morgan fingerprint density at radius 1 is 0.955 bits per heavy atom. The van der Waals surface area contributed by atoms with Crippen molar-refractivity contribution in [1.29, 1.82) is 0 Å². The summed E-state index contributed by atoms with van der Waals surface area (Å²) in [5.41, 5.74) is 0.183. The van der Waals surface area contributed by atoms with Crippen LogP contribution in [0.4, 0.5) is 9.59 Å². The summed E-state index contributed by atoms with van der Waals surface area (Å²) in [5.74, 6) is 0. The summed E-state index contributed by atoms with van der Waals surface area (Å²) in [6, 6.07) is 9.28. The Balaban J connectivity index is 3.14. The Morgan fingerprint density at radius 2 is 1.36 bits per heavy atom. The van der Waals surface area contributed by atoms with Gasteiger partial charge < -0.3 is 29.6 Å². The third-order valence-corrected chi connectivity index (χ3v) is 3.83. The highest BCUT2D eigenvalue weighted by Gasteiger charge is 2.31. The lowest BCUT2D eigenvalue weighted by Gasteiger charge is -2.40. The molecule has 0 radical (unpaired) electrons. The van der Waals surface area contributed by atoms with E-state index in [4.69, 9.17) is 0 Å². The van der Waals surface area contributed by atoms with E-state index in [1.54, 1.807) is 13.8 Å². The minimum absolute atomic E-state index is 0.152. The number of hydrogen-bond acceptors (Lipinski definition) is 4. The second kappa shape index (κ2) is 7.68. The number of amides is 2. The van der Waals surface area contributed by atoms with Crippen molar-refractivity contribution in [1.82, 2.24) is 9.80 Å². The normalized spacial score (nSPS) is 11.0. The monoisotopic (exact) mass is 306 g/mol. The first-order chi connectivity index (χ1) is 10.3. The summed E-state index contributed by atoms with van der Waals surface area (Å²) in [5, 5.41) is 22.4. The molecule has 122 valence electrons. The number of carboxylic acid groups (broad SMARTS) is 2. The fourth-order valence-electron chi connectivity index (χ4n) is 2.53. The van der Waals surface area contributed by atoms with Gasteiger partial charge in [0.1, 0.15) is 12.2 Å². The van der Waals surface area contributed by atoms with Crippen LogP contribution in [0.5, 0.6) is 0 Å². The maximum Gasteiger partial charge on any atom is 0.136 e. The predicted octanol–water partition coefficient (Wildman–Crippen LogP) is 0.275. The maximum atomic E-state index is 11.2. The van der Waals surface area contributed by atoms with Gasteiger partial charge in [-0.15, -0.1) is 0 Å². The summed E-state index contributed by atoms with van der Waals surface area (Å²) in [6.07, 6.45) is -2.53. The number of rotatable bonds is 7. The smallest absolute Gasteiger partial charge is 0.136 e. The molecule has 0 saturated heterocycles. The molecule has 0 unspecified atom stereocenters. The van der Waals surface area contributed by atoms with E-state index in [9.17, 15) is 19.8 Å². The lowest BCUT2D eigenvalue weighted by molar-refractivity contribution is -0.267. The molecule has 0 fully saturated rings. The van der Waals surface area contributed by atoms with Crippen molar-refractivity contribution in [3.8, 4) is 0 Å². The van der Waals surface area contributed by atoms with E-state index in [0.717, 1.165) is 5.56 Å². The van der Waals surface area contributed by atoms with Crippen LogP contribution in [-0.2, 0) is 5.41 Å². The molecule has 6 heteroatoms. The van der Waals surface area contributed by atoms with Gasteiger partial charge in [0.2, 0.25) is 0 Å². The van der Waals surface area contributed by atoms with Crippen molar-refractivity contribution in [3.05, 3.63) is 35.9 Å². The average molecular weight is 306 g/mol. The predicted molar refractivity (Wildman–Crippen MR) is 79.1 cm³/mol. The Labute approximate surface area is 131 Å². The van der Waals surface area contributed by atoms with Gasteiger partial charge in [0.25, 0.3) is 0 Å². The minimum Gasteiger partial charge on any atom is -0.530 e. The lowest BCUT2D eigenvalue weighted by atomic mass is 9.81. The van der Waals surface area contributed by atoms with Crippen LogP contribution in [0.2, 0.25) is 0 Å². The van der Waals surface area contributed by atoms with Crippen LogP contribution in [0.1, 0.15) is 26.3 Å². The maximum absolute atomic E-state index is 11.2. The highest BCUT2D eigenvalue weighted by molar-refractivity contribution is 5.63. The Morgan fingerprint density at radius 3 is 1.68 bits per heavy atom. The zero-order valence-corrected chi connectivity index (χ0v) is 13.2. The number of nitrogens with zero attached hydrogens (tertiary/aromatic N) is 2. The van der Waals surface area contributed by atoms with Crippen molar-refractivity contribution in [2.45, 2.75) is 26.2 Å². The molecular weight excluding hydrogens is 284 g/mol. The van der Waals surface area contributed by atoms with Gasteiger partial charge in [-0.05, 0) is 19.4 Å². The molecule has 0 spiro atoms. The second-order valence-corrected chi connectivity index (χ2v) is 5.49. The minimum atomic E-state index is -1.26. The third kappa shape index (κ3) is 4.38. The van der Waals surface area contributed by atoms with E-state index in [1.165, 1.54) is 9.80 Å². The van der Waals surface area contributed by atoms with Crippen LogP contribution in [0.15, 0.2) is 30.3 Å². The first-order valence-electron chi connectivity index (χ1n) is 7.31. The van der Waals surface area contributed by atoms with Crippen molar-refractivity contribution in [2.75, 3.05) is 26.2 Å². The van der Waals surface area contributed by atoms with E-state index in [1.807, 2.05) is 37.3 Å². The molecule has 0 heterocycles. The molecule has 6 nitrogen and oxygen atoms in total. The fourth-order valence-corrected chi connectivity index (χ4v) is 2.53. The molecule has 0 saturated carbocycles. The average Bonchev–Trinajstić information content (AvgIpc) is 2.50. The molecule has 1 aromatic rings. The number of likely N-dealkylation sites (N-methyl/N-ethyl adjacent to an activating group) is 2. The molecule has 0 bridgehead atoms. The van der Waals surface area contributed by atoms with Gasteiger partial charge >= 0.3 is 0 Å². The summed E-state index contributed by atoms with van der Waals surface area (Å²) >= 11 is 0. The first kappa shape index (κ1) is 17.8.